The van der Waals surface area contributed by atoms with Crippen molar-refractivity contribution in [3.8, 4) is 0 Å². The Morgan fingerprint density at radius 2 is 1.83 bits per heavy atom. The van der Waals surface area contributed by atoms with Crippen molar-refractivity contribution >= 4 is 35.0 Å². The average Bonchev–Trinajstić information content (AvgIpc) is 2.36. The van der Waals surface area contributed by atoms with Crippen LogP contribution in [0.15, 0.2) is 18.2 Å². The molecular formula is C11H12N2O4S. The minimum atomic E-state index is -0.565. The molecule has 0 atom stereocenters. The number of rotatable bonds is 3. The lowest BCUT2D eigenvalue weighted by Gasteiger charge is -2.10. The van der Waals surface area contributed by atoms with Gasteiger partial charge in [-0.05, 0) is 30.4 Å². The number of nitrogens with two attached hydrogens (primary N) is 1. The van der Waals surface area contributed by atoms with Gasteiger partial charge < -0.3 is 20.5 Å². The number of esters is 2. The van der Waals surface area contributed by atoms with Gasteiger partial charge in [-0.25, -0.2) is 9.59 Å². The summed E-state index contributed by atoms with van der Waals surface area (Å²) in [5.41, 5.74) is 6.12. The highest BCUT2D eigenvalue weighted by Crippen LogP contribution is 2.19. The maximum absolute atomic E-state index is 11.5. The Kier molecular flexibility index (Phi) is 4.61. The Morgan fingerprint density at radius 1 is 1.22 bits per heavy atom. The smallest absolute Gasteiger partial charge is 0.339 e. The molecule has 0 bridgehead atoms. The van der Waals surface area contributed by atoms with E-state index in [2.05, 4.69) is 14.8 Å². The third kappa shape index (κ3) is 3.17. The summed E-state index contributed by atoms with van der Waals surface area (Å²) in [4.78, 5) is 22.9. The average molecular weight is 268 g/mol. The quantitative estimate of drug-likeness (QED) is 0.622. The van der Waals surface area contributed by atoms with Gasteiger partial charge in [0.2, 0.25) is 0 Å². The number of carbonyl (C=O) groups excluding carboxylic acids is 2. The van der Waals surface area contributed by atoms with Crippen LogP contribution in [0.2, 0.25) is 0 Å². The second-order valence-electron chi connectivity index (χ2n) is 3.23. The first kappa shape index (κ1) is 13.9. The third-order valence-corrected chi connectivity index (χ3v) is 2.21. The molecule has 1 aromatic carbocycles. The maximum atomic E-state index is 11.5. The molecule has 0 amide bonds. The predicted octanol–water partition coefficient (Wildman–Crippen LogP) is 0.915. The standard InChI is InChI=1S/C11H12N2O4S/c1-16-9(14)6-3-4-7(10(15)17-2)8(5-6)13-11(12)18/h3-5H,1-2H3,(H3,12,13,18). The van der Waals surface area contributed by atoms with Crippen molar-refractivity contribution in [1.82, 2.24) is 0 Å². The summed E-state index contributed by atoms with van der Waals surface area (Å²) in [6.45, 7) is 0. The molecule has 0 heterocycles. The van der Waals surface area contributed by atoms with Crippen LogP contribution in [0.4, 0.5) is 5.69 Å². The van der Waals surface area contributed by atoms with Gasteiger partial charge in [0.15, 0.2) is 5.11 Å². The summed E-state index contributed by atoms with van der Waals surface area (Å²) in [6.07, 6.45) is 0. The van der Waals surface area contributed by atoms with Crippen LogP contribution in [0.5, 0.6) is 0 Å². The fraction of sp³-hybridized carbons (Fsp3) is 0.182. The highest BCUT2D eigenvalue weighted by atomic mass is 32.1. The van der Waals surface area contributed by atoms with Crippen LogP contribution < -0.4 is 11.1 Å². The molecule has 0 aliphatic rings. The molecule has 0 aromatic heterocycles. The zero-order valence-corrected chi connectivity index (χ0v) is 10.7. The Labute approximate surface area is 109 Å². The van der Waals surface area contributed by atoms with Crippen molar-refractivity contribution in [1.29, 1.82) is 0 Å². The zero-order chi connectivity index (χ0) is 13.7. The zero-order valence-electron chi connectivity index (χ0n) is 9.85. The number of carbonyl (C=O) groups is 2. The summed E-state index contributed by atoms with van der Waals surface area (Å²) >= 11 is 4.70. The molecule has 0 fully saturated rings. The number of ether oxygens (including phenoxy) is 2. The predicted molar refractivity (Wildman–Crippen MR) is 69.5 cm³/mol. The molecule has 0 aliphatic carbocycles. The summed E-state index contributed by atoms with van der Waals surface area (Å²) in [6, 6.07) is 4.29. The largest absolute Gasteiger partial charge is 0.465 e. The van der Waals surface area contributed by atoms with Crippen LogP contribution in [-0.2, 0) is 9.47 Å². The number of nitrogens with one attached hydrogen (secondary N) is 1. The molecule has 7 heteroatoms. The van der Waals surface area contributed by atoms with Gasteiger partial charge in [-0.15, -0.1) is 0 Å². The van der Waals surface area contributed by atoms with Crippen LogP contribution in [0.3, 0.4) is 0 Å². The molecule has 0 aliphatic heterocycles. The van der Waals surface area contributed by atoms with Gasteiger partial charge in [0.1, 0.15) is 0 Å². The van der Waals surface area contributed by atoms with Crippen LogP contribution in [0, 0.1) is 0 Å². The summed E-state index contributed by atoms with van der Waals surface area (Å²) < 4.78 is 9.18. The SMILES string of the molecule is COC(=O)c1ccc(C(=O)OC)c(NC(N)=S)c1. The molecule has 0 saturated heterocycles. The van der Waals surface area contributed by atoms with E-state index in [1.165, 1.54) is 32.4 Å². The number of methoxy groups -OCH3 is 2. The van der Waals surface area contributed by atoms with Gasteiger partial charge in [0.05, 0.1) is 31.0 Å². The minimum absolute atomic E-state index is 0.0258. The lowest BCUT2D eigenvalue weighted by atomic mass is 10.1. The topological polar surface area (TPSA) is 90.7 Å². The van der Waals surface area contributed by atoms with E-state index >= 15 is 0 Å². The maximum Gasteiger partial charge on any atom is 0.339 e. The number of thiocarbonyl (C=S) groups is 1. The Morgan fingerprint density at radius 3 is 2.33 bits per heavy atom. The van der Waals surface area contributed by atoms with Crippen LogP contribution in [-0.4, -0.2) is 31.3 Å². The van der Waals surface area contributed by atoms with E-state index in [0.717, 1.165) is 0 Å². The van der Waals surface area contributed by atoms with Gasteiger partial charge >= 0.3 is 11.9 Å². The first-order valence-electron chi connectivity index (χ1n) is 4.86. The lowest BCUT2D eigenvalue weighted by molar-refractivity contribution is 0.0587. The molecule has 0 spiro atoms. The van der Waals surface area contributed by atoms with Crippen molar-refractivity contribution < 1.29 is 19.1 Å². The van der Waals surface area contributed by atoms with Crippen LogP contribution in [0.25, 0.3) is 0 Å². The molecule has 96 valence electrons. The number of anilines is 1. The van der Waals surface area contributed by atoms with Crippen molar-refractivity contribution in [2.24, 2.45) is 5.73 Å². The first-order chi connectivity index (χ1) is 8.49. The molecule has 3 N–H and O–H groups in total. The first-order valence-corrected chi connectivity index (χ1v) is 5.27. The molecule has 1 aromatic rings. The van der Waals surface area contributed by atoms with Crippen molar-refractivity contribution in [2.75, 3.05) is 19.5 Å². The van der Waals surface area contributed by atoms with E-state index in [1.807, 2.05) is 0 Å². The molecular weight excluding hydrogens is 256 g/mol. The van der Waals surface area contributed by atoms with Gasteiger partial charge in [-0.3, -0.25) is 0 Å². The third-order valence-electron chi connectivity index (χ3n) is 2.10. The number of benzene rings is 1. The fourth-order valence-corrected chi connectivity index (χ4v) is 1.42. The van der Waals surface area contributed by atoms with Gasteiger partial charge in [0, 0.05) is 0 Å². The van der Waals surface area contributed by atoms with E-state index in [-0.39, 0.29) is 21.9 Å². The molecule has 0 radical (unpaired) electrons. The van der Waals surface area contributed by atoms with E-state index < -0.39 is 11.9 Å². The molecule has 18 heavy (non-hydrogen) atoms. The summed E-state index contributed by atoms with van der Waals surface area (Å²) in [5.74, 6) is -1.09. The minimum Gasteiger partial charge on any atom is -0.465 e. The normalized spacial score (nSPS) is 9.44. The van der Waals surface area contributed by atoms with Crippen molar-refractivity contribution in [2.45, 2.75) is 0 Å². The van der Waals surface area contributed by atoms with E-state index in [4.69, 9.17) is 18.0 Å². The molecule has 1 rings (SSSR count). The van der Waals surface area contributed by atoms with Crippen LogP contribution >= 0.6 is 12.2 Å². The highest BCUT2D eigenvalue weighted by molar-refractivity contribution is 7.80. The molecule has 0 unspecified atom stereocenters. The highest BCUT2D eigenvalue weighted by Gasteiger charge is 2.15. The number of hydrogen-bond acceptors (Lipinski definition) is 5. The molecule has 6 nitrogen and oxygen atoms in total. The lowest BCUT2D eigenvalue weighted by Crippen LogP contribution is -2.21. The summed E-state index contributed by atoms with van der Waals surface area (Å²) in [5, 5.41) is 2.58. The van der Waals surface area contributed by atoms with Crippen molar-refractivity contribution in [3.63, 3.8) is 0 Å². The van der Waals surface area contributed by atoms with Gasteiger partial charge in [-0.2, -0.15) is 0 Å². The number of hydrogen-bond donors (Lipinski definition) is 2. The van der Waals surface area contributed by atoms with Crippen molar-refractivity contribution in [3.05, 3.63) is 29.3 Å². The molecule has 0 saturated carbocycles. The van der Waals surface area contributed by atoms with E-state index in [0.29, 0.717) is 0 Å². The van der Waals surface area contributed by atoms with Gasteiger partial charge in [-0.1, -0.05) is 0 Å². The monoisotopic (exact) mass is 268 g/mol. The van der Waals surface area contributed by atoms with E-state index in [9.17, 15) is 9.59 Å². The second-order valence-corrected chi connectivity index (χ2v) is 3.67. The van der Waals surface area contributed by atoms with Crippen LogP contribution in [0.1, 0.15) is 20.7 Å². The van der Waals surface area contributed by atoms with E-state index in [1.54, 1.807) is 0 Å². The summed E-state index contributed by atoms with van der Waals surface area (Å²) in [7, 11) is 2.51. The second kappa shape index (κ2) is 5.97. The Bertz CT molecular complexity index is 502. The Balaban J connectivity index is 3.24. The Hall–Kier alpha value is -2.15. The fourth-order valence-electron chi connectivity index (χ4n) is 1.31. The van der Waals surface area contributed by atoms with Gasteiger partial charge in [0.25, 0.3) is 0 Å².